The summed E-state index contributed by atoms with van der Waals surface area (Å²) >= 11 is 6.18. The van der Waals surface area contributed by atoms with Crippen molar-refractivity contribution in [3.63, 3.8) is 0 Å². The number of carbonyl (C=O) groups is 3. The molecule has 1 heterocycles. The van der Waals surface area contributed by atoms with Gasteiger partial charge in [-0.2, -0.15) is 0 Å². The van der Waals surface area contributed by atoms with Crippen LogP contribution in [-0.2, 0) is 20.8 Å². The summed E-state index contributed by atoms with van der Waals surface area (Å²) < 4.78 is 0. The average molecular weight is 531 g/mol. The highest BCUT2D eigenvalue weighted by atomic mass is 35.5. The van der Waals surface area contributed by atoms with Gasteiger partial charge in [-0.05, 0) is 68.7 Å². The van der Waals surface area contributed by atoms with E-state index in [1.807, 2.05) is 18.2 Å². The summed E-state index contributed by atoms with van der Waals surface area (Å²) in [5.41, 5.74) is -0.147. The minimum Gasteiger partial charge on any atom is -0.354 e. The lowest BCUT2D eigenvalue weighted by atomic mass is 9.92. The van der Waals surface area contributed by atoms with Crippen molar-refractivity contribution in [3.8, 4) is 0 Å². The summed E-state index contributed by atoms with van der Waals surface area (Å²) in [6.45, 7) is 5.40. The zero-order valence-electron chi connectivity index (χ0n) is 22.3. The first-order valence-corrected chi connectivity index (χ1v) is 14.3. The maximum atomic E-state index is 13.8. The largest absolute Gasteiger partial charge is 0.354 e. The van der Waals surface area contributed by atoms with Gasteiger partial charge in [0.1, 0.15) is 11.6 Å². The van der Waals surface area contributed by atoms with E-state index in [-0.39, 0.29) is 29.7 Å². The van der Waals surface area contributed by atoms with Crippen molar-refractivity contribution >= 4 is 29.3 Å². The summed E-state index contributed by atoms with van der Waals surface area (Å²) in [5.74, 6) is -0.525. The zero-order valence-corrected chi connectivity index (χ0v) is 23.0. The normalized spacial score (nSPS) is 25.9. The van der Waals surface area contributed by atoms with E-state index < -0.39 is 11.6 Å². The molecule has 8 heteroatoms. The monoisotopic (exact) mass is 530 g/mol. The number of benzene rings is 1. The van der Waals surface area contributed by atoms with E-state index in [1.165, 1.54) is 0 Å². The van der Waals surface area contributed by atoms with E-state index in [0.717, 1.165) is 57.1 Å². The number of halogens is 1. The Kier molecular flexibility index (Phi) is 11.5. The highest BCUT2D eigenvalue weighted by Gasteiger charge is 2.45. The third-order valence-electron chi connectivity index (χ3n) is 7.64. The molecule has 1 aromatic rings. The fourth-order valence-electron chi connectivity index (χ4n) is 5.18. The Hall–Kier alpha value is -2.38. The molecule has 37 heavy (non-hydrogen) atoms. The van der Waals surface area contributed by atoms with Gasteiger partial charge in [0.05, 0.1) is 6.04 Å². The smallest absolute Gasteiger partial charge is 0.246 e. The molecule has 0 saturated heterocycles. The Balaban J connectivity index is 1.86. The third-order valence-corrected chi connectivity index (χ3v) is 7.87. The summed E-state index contributed by atoms with van der Waals surface area (Å²) in [7, 11) is 0. The van der Waals surface area contributed by atoms with Crippen LogP contribution in [0.5, 0.6) is 0 Å². The van der Waals surface area contributed by atoms with E-state index in [1.54, 1.807) is 6.07 Å². The standard InChI is InChI=1S/C29H43ClN4O3/c1-3-21(2)25-27(36)34-29(15-8-9-16-29)28(37)33-24(20-22-13-12-14-23(30)19-22)26(35)32-18-11-7-5-4-6-10-17-31-25/h5,7,12-14,19,21,24-25,31H,3-4,6,8-11,15-18,20H2,1-2H3,(H,32,35)(H,33,37)(H,34,36)/b7-5+/t21-,24-,25-/m0/s1. The SMILES string of the molecule is CC[C@H](C)[C@@H]1NCCCC/C=C/CCNC(=O)[C@H](Cc2cccc(Cl)c2)NC(=O)C2(CCCC2)NC1=O. The van der Waals surface area contributed by atoms with Crippen LogP contribution in [0.2, 0.25) is 5.02 Å². The number of hydrogen-bond acceptors (Lipinski definition) is 4. The number of amides is 3. The molecular weight excluding hydrogens is 488 g/mol. The molecule has 2 aliphatic rings. The number of nitrogens with one attached hydrogen (secondary N) is 4. The van der Waals surface area contributed by atoms with Crippen LogP contribution in [0.4, 0.5) is 0 Å². The molecule has 1 saturated carbocycles. The first-order valence-electron chi connectivity index (χ1n) is 13.9. The molecule has 1 aliphatic carbocycles. The van der Waals surface area contributed by atoms with Gasteiger partial charge in [-0.15, -0.1) is 0 Å². The van der Waals surface area contributed by atoms with Gasteiger partial charge < -0.3 is 21.3 Å². The van der Waals surface area contributed by atoms with Gasteiger partial charge in [-0.25, -0.2) is 0 Å². The van der Waals surface area contributed by atoms with Crippen molar-refractivity contribution in [2.75, 3.05) is 13.1 Å². The Labute approximate surface area is 226 Å². The minimum atomic E-state index is -1.01. The van der Waals surface area contributed by atoms with Crippen molar-refractivity contribution in [2.24, 2.45) is 5.92 Å². The lowest BCUT2D eigenvalue weighted by Gasteiger charge is -2.34. The molecule has 0 radical (unpaired) electrons. The quantitative estimate of drug-likeness (QED) is 0.441. The van der Waals surface area contributed by atoms with Gasteiger partial charge >= 0.3 is 0 Å². The molecule has 204 valence electrons. The molecule has 0 aromatic heterocycles. The van der Waals surface area contributed by atoms with Crippen LogP contribution in [0.15, 0.2) is 36.4 Å². The molecule has 1 spiro atoms. The van der Waals surface area contributed by atoms with Crippen LogP contribution in [0, 0.1) is 5.92 Å². The second-order valence-electron chi connectivity index (χ2n) is 10.5. The zero-order chi connectivity index (χ0) is 26.7. The van der Waals surface area contributed by atoms with E-state index in [2.05, 4.69) is 47.3 Å². The molecule has 3 atom stereocenters. The van der Waals surface area contributed by atoms with Crippen LogP contribution in [0.1, 0.15) is 77.2 Å². The van der Waals surface area contributed by atoms with Gasteiger partial charge in [0.2, 0.25) is 17.7 Å². The molecule has 0 unspecified atom stereocenters. The molecule has 4 N–H and O–H groups in total. The van der Waals surface area contributed by atoms with Crippen LogP contribution in [-0.4, -0.2) is 48.4 Å². The molecule has 1 aromatic carbocycles. The summed E-state index contributed by atoms with van der Waals surface area (Å²) in [6, 6.07) is 6.19. The number of allylic oxidation sites excluding steroid dienone is 1. The van der Waals surface area contributed by atoms with E-state index >= 15 is 0 Å². The van der Waals surface area contributed by atoms with E-state index in [0.29, 0.717) is 30.8 Å². The minimum absolute atomic E-state index is 0.133. The fourth-order valence-corrected chi connectivity index (χ4v) is 5.39. The average Bonchev–Trinajstić information content (AvgIpc) is 3.35. The van der Waals surface area contributed by atoms with Crippen molar-refractivity contribution < 1.29 is 14.4 Å². The van der Waals surface area contributed by atoms with Crippen molar-refractivity contribution in [2.45, 2.75) is 95.7 Å². The molecule has 1 fully saturated rings. The molecule has 7 nitrogen and oxygen atoms in total. The van der Waals surface area contributed by atoms with E-state index in [9.17, 15) is 14.4 Å². The number of hydrogen-bond donors (Lipinski definition) is 4. The van der Waals surface area contributed by atoms with Gasteiger partial charge in [0.15, 0.2) is 0 Å². The highest BCUT2D eigenvalue weighted by molar-refractivity contribution is 6.30. The molecule has 1 aliphatic heterocycles. The predicted octanol–water partition coefficient (Wildman–Crippen LogP) is 4.05. The van der Waals surface area contributed by atoms with Gasteiger partial charge in [0, 0.05) is 18.0 Å². The van der Waals surface area contributed by atoms with Crippen LogP contribution < -0.4 is 21.3 Å². The first kappa shape index (κ1) is 29.2. The predicted molar refractivity (Wildman–Crippen MR) is 148 cm³/mol. The van der Waals surface area contributed by atoms with Crippen LogP contribution in [0.25, 0.3) is 0 Å². The topological polar surface area (TPSA) is 99.3 Å². The van der Waals surface area contributed by atoms with Gasteiger partial charge in [0.25, 0.3) is 0 Å². The van der Waals surface area contributed by atoms with Crippen LogP contribution >= 0.6 is 11.6 Å². The van der Waals surface area contributed by atoms with Crippen molar-refractivity contribution in [3.05, 3.63) is 47.0 Å². The molecular formula is C29H43ClN4O3. The lowest BCUT2D eigenvalue weighted by Crippen LogP contribution is -2.63. The number of carbonyl (C=O) groups excluding carboxylic acids is 3. The van der Waals surface area contributed by atoms with Crippen molar-refractivity contribution in [1.82, 2.24) is 21.3 Å². The molecule has 3 rings (SSSR count). The lowest BCUT2D eigenvalue weighted by molar-refractivity contribution is -0.137. The Morgan fingerprint density at radius 3 is 2.49 bits per heavy atom. The highest BCUT2D eigenvalue weighted by Crippen LogP contribution is 2.31. The maximum absolute atomic E-state index is 13.8. The fraction of sp³-hybridized carbons (Fsp3) is 0.621. The summed E-state index contributed by atoms with van der Waals surface area (Å²) in [4.78, 5) is 40.5. The second-order valence-corrected chi connectivity index (χ2v) is 10.9. The molecule has 3 amide bonds. The Morgan fingerprint density at radius 1 is 1.00 bits per heavy atom. The van der Waals surface area contributed by atoms with Gasteiger partial charge in [-0.3, -0.25) is 14.4 Å². The van der Waals surface area contributed by atoms with E-state index in [4.69, 9.17) is 11.6 Å². The van der Waals surface area contributed by atoms with Crippen LogP contribution in [0.3, 0.4) is 0 Å². The maximum Gasteiger partial charge on any atom is 0.246 e. The second kappa shape index (κ2) is 14.5. The van der Waals surface area contributed by atoms with Crippen molar-refractivity contribution in [1.29, 1.82) is 0 Å². The first-order chi connectivity index (χ1) is 17.8. The number of rotatable bonds is 4. The third kappa shape index (κ3) is 8.57. The summed E-state index contributed by atoms with van der Waals surface area (Å²) in [6.07, 6.45) is 11.9. The Bertz CT molecular complexity index is 945. The Morgan fingerprint density at radius 2 is 1.76 bits per heavy atom. The summed E-state index contributed by atoms with van der Waals surface area (Å²) in [5, 5.41) is 13.2. The van der Waals surface area contributed by atoms with Gasteiger partial charge in [-0.1, -0.05) is 69.0 Å². The molecule has 0 bridgehead atoms.